The summed E-state index contributed by atoms with van der Waals surface area (Å²) in [6.07, 6.45) is 0.290. The maximum absolute atomic E-state index is 11.9. The Morgan fingerprint density at radius 2 is 1.77 bits per heavy atom. The summed E-state index contributed by atoms with van der Waals surface area (Å²) in [4.78, 5) is 33.7. The van der Waals surface area contributed by atoms with E-state index in [0.29, 0.717) is 17.7 Å². The third kappa shape index (κ3) is 5.82. The Kier molecular flexibility index (Phi) is 5.91. The quantitative estimate of drug-likeness (QED) is 0.699. The molecular weight excluding hydrogens is 288 g/mol. The van der Waals surface area contributed by atoms with E-state index in [2.05, 4.69) is 15.4 Å². The first-order chi connectivity index (χ1) is 10.2. The summed E-state index contributed by atoms with van der Waals surface area (Å²) in [6, 6.07) is 5.79. The summed E-state index contributed by atoms with van der Waals surface area (Å²) in [7, 11) is 1.29. The summed E-state index contributed by atoms with van der Waals surface area (Å²) in [5.41, 5.74) is 0.253. The predicted octanol–water partition coefficient (Wildman–Crippen LogP) is 2.24. The first kappa shape index (κ1) is 17.5. The molecule has 120 valence electrons. The molecular formula is C15H20N2O5. The van der Waals surface area contributed by atoms with Crippen molar-refractivity contribution < 1.29 is 24.2 Å². The van der Waals surface area contributed by atoms with Crippen LogP contribution in [0.4, 0.5) is 10.5 Å². The van der Waals surface area contributed by atoms with E-state index in [-0.39, 0.29) is 6.42 Å². The van der Waals surface area contributed by atoms with Crippen LogP contribution in [-0.2, 0) is 9.53 Å². The van der Waals surface area contributed by atoms with E-state index in [0.717, 1.165) is 0 Å². The van der Waals surface area contributed by atoms with Crippen LogP contribution < -0.4 is 10.6 Å². The lowest BCUT2D eigenvalue weighted by atomic mass is 9.99. The first-order valence-corrected chi connectivity index (χ1v) is 6.73. The molecule has 0 bridgehead atoms. The van der Waals surface area contributed by atoms with Gasteiger partial charge in [-0.3, -0.25) is 4.79 Å². The van der Waals surface area contributed by atoms with E-state index < -0.39 is 23.5 Å². The van der Waals surface area contributed by atoms with Gasteiger partial charge in [-0.25, -0.2) is 9.59 Å². The van der Waals surface area contributed by atoms with Gasteiger partial charge in [0.1, 0.15) is 0 Å². The van der Waals surface area contributed by atoms with E-state index >= 15 is 0 Å². The number of carboxylic acid groups (broad SMARTS) is 1. The Morgan fingerprint density at radius 3 is 2.27 bits per heavy atom. The van der Waals surface area contributed by atoms with Gasteiger partial charge in [-0.1, -0.05) is 0 Å². The van der Waals surface area contributed by atoms with Crippen LogP contribution in [0.25, 0.3) is 0 Å². The van der Waals surface area contributed by atoms with Crippen molar-refractivity contribution in [1.82, 2.24) is 5.32 Å². The molecule has 7 nitrogen and oxygen atoms in total. The standard InChI is InChI=1S/C15H20N2O5/c1-15(2,9-8-12(18)19)17-14(21)16-11-6-4-10(5-7-11)13(20)22-3/h4-7H,8-9H2,1-3H3,(H,18,19)(H2,16,17,21). The first-order valence-electron chi connectivity index (χ1n) is 6.73. The van der Waals surface area contributed by atoms with Crippen molar-refractivity contribution in [1.29, 1.82) is 0 Å². The third-order valence-corrected chi connectivity index (χ3v) is 2.98. The van der Waals surface area contributed by atoms with Crippen LogP contribution >= 0.6 is 0 Å². The average molecular weight is 308 g/mol. The van der Waals surface area contributed by atoms with E-state index in [1.807, 2.05) is 0 Å². The maximum atomic E-state index is 11.9. The van der Waals surface area contributed by atoms with E-state index in [4.69, 9.17) is 5.11 Å². The molecule has 1 rings (SSSR count). The second-order valence-electron chi connectivity index (χ2n) is 5.43. The van der Waals surface area contributed by atoms with Gasteiger partial charge in [0.2, 0.25) is 0 Å². The lowest BCUT2D eigenvalue weighted by molar-refractivity contribution is -0.137. The van der Waals surface area contributed by atoms with Crippen LogP contribution in [0.2, 0.25) is 0 Å². The summed E-state index contributed by atoms with van der Waals surface area (Å²) in [6.45, 7) is 3.49. The van der Waals surface area contributed by atoms with Gasteiger partial charge in [0, 0.05) is 17.6 Å². The second kappa shape index (κ2) is 7.44. The topological polar surface area (TPSA) is 105 Å². The van der Waals surface area contributed by atoms with Gasteiger partial charge in [-0.05, 0) is 44.5 Å². The summed E-state index contributed by atoms with van der Waals surface area (Å²) < 4.78 is 4.58. The number of anilines is 1. The SMILES string of the molecule is COC(=O)c1ccc(NC(=O)NC(C)(C)CCC(=O)O)cc1. The smallest absolute Gasteiger partial charge is 0.337 e. The molecule has 7 heteroatoms. The number of carbonyl (C=O) groups is 3. The number of carbonyl (C=O) groups excluding carboxylic acids is 2. The average Bonchev–Trinajstić information content (AvgIpc) is 2.44. The van der Waals surface area contributed by atoms with Crippen LogP contribution in [0.5, 0.6) is 0 Å². The monoisotopic (exact) mass is 308 g/mol. The Balaban J connectivity index is 2.57. The predicted molar refractivity (Wildman–Crippen MR) is 80.9 cm³/mol. The van der Waals surface area contributed by atoms with Gasteiger partial charge in [0.05, 0.1) is 12.7 Å². The molecule has 0 unspecified atom stereocenters. The summed E-state index contributed by atoms with van der Waals surface area (Å²) >= 11 is 0. The van der Waals surface area contributed by atoms with Crippen LogP contribution in [0.1, 0.15) is 37.0 Å². The minimum atomic E-state index is -0.909. The van der Waals surface area contributed by atoms with Gasteiger partial charge in [0.25, 0.3) is 0 Å². The summed E-state index contributed by atoms with van der Waals surface area (Å²) in [5, 5.41) is 14.0. The summed E-state index contributed by atoms with van der Waals surface area (Å²) in [5.74, 6) is -1.36. The number of aliphatic carboxylic acids is 1. The highest BCUT2D eigenvalue weighted by Gasteiger charge is 2.21. The van der Waals surface area contributed by atoms with Crippen molar-refractivity contribution in [3.8, 4) is 0 Å². The van der Waals surface area contributed by atoms with Crippen molar-refractivity contribution >= 4 is 23.7 Å². The van der Waals surface area contributed by atoms with Crippen LogP contribution in [-0.4, -0.2) is 35.7 Å². The maximum Gasteiger partial charge on any atom is 0.337 e. The Hall–Kier alpha value is -2.57. The minimum Gasteiger partial charge on any atom is -0.481 e. The van der Waals surface area contributed by atoms with Crippen molar-refractivity contribution in [2.45, 2.75) is 32.2 Å². The van der Waals surface area contributed by atoms with E-state index in [1.54, 1.807) is 26.0 Å². The van der Waals surface area contributed by atoms with Gasteiger partial charge in [-0.2, -0.15) is 0 Å². The number of methoxy groups -OCH3 is 1. The Labute approximate surface area is 128 Å². The molecule has 3 N–H and O–H groups in total. The highest BCUT2D eigenvalue weighted by atomic mass is 16.5. The molecule has 1 aromatic rings. The van der Waals surface area contributed by atoms with Crippen molar-refractivity contribution in [3.05, 3.63) is 29.8 Å². The molecule has 0 saturated heterocycles. The third-order valence-electron chi connectivity index (χ3n) is 2.98. The number of esters is 1. The number of nitrogens with one attached hydrogen (secondary N) is 2. The molecule has 0 radical (unpaired) electrons. The van der Waals surface area contributed by atoms with Gasteiger partial charge >= 0.3 is 18.0 Å². The van der Waals surface area contributed by atoms with Gasteiger partial charge in [0.15, 0.2) is 0 Å². The van der Waals surface area contributed by atoms with Crippen molar-refractivity contribution in [2.24, 2.45) is 0 Å². The second-order valence-corrected chi connectivity index (χ2v) is 5.43. The zero-order valence-electron chi connectivity index (χ0n) is 12.8. The molecule has 0 saturated carbocycles. The van der Waals surface area contributed by atoms with Gasteiger partial charge < -0.3 is 20.5 Å². The molecule has 0 aliphatic rings. The number of rotatable bonds is 6. The van der Waals surface area contributed by atoms with E-state index in [1.165, 1.54) is 19.2 Å². The molecule has 0 fully saturated rings. The molecule has 0 aromatic heterocycles. The lowest BCUT2D eigenvalue weighted by Gasteiger charge is -2.25. The number of amides is 2. The normalized spacial score (nSPS) is 10.7. The zero-order valence-corrected chi connectivity index (χ0v) is 12.8. The van der Waals surface area contributed by atoms with Crippen LogP contribution in [0, 0.1) is 0 Å². The number of urea groups is 1. The van der Waals surface area contributed by atoms with Crippen molar-refractivity contribution in [3.63, 3.8) is 0 Å². The number of hydrogen-bond acceptors (Lipinski definition) is 4. The molecule has 0 heterocycles. The van der Waals surface area contributed by atoms with Crippen molar-refractivity contribution in [2.75, 3.05) is 12.4 Å². The molecule has 0 spiro atoms. The molecule has 2 amide bonds. The molecule has 0 atom stereocenters. The largest absolute Gasteiger partial charge is 0.481 e. The molecule has 0 aliphatic carbocycles. The fourth-order valence-electron chi connectivity index (χ4n) is 1.76. The molecule has 1 aromatic carbocycles. The Bertz CT molecular complexity index is 552. The zero-order chi connectivity index (χ0) is 16.8. The molecule has 22 heavy (non-hydrogen) atoms. The number of hydrogen-bond donors (Lipinski definition) is 3. The van der Waals surface area contributed by atoms with Crippen LogP contribution in [0.3, 0.4) is 0 Å². The number of benzene rings is 1. The van der Waals surface area contributed by atoms with Gasteiger partial charge in [-0.15, -0.1) is 0 Å². The Morgan fingerprint density at radius 1 is 1.18 bits per heavy atom. The highest BCUT2D eigenvalue weighted by molar-refractivity contribution is 5.92. The fourth-order valence-corrected chi connectivity index (χ4v) is 1.76. The lowest BCUT2D eigenvalue weighted by Crippen LogP contribution is -2.45. The fraction of sp³-hybridized carbons (Fsp3) is 0.400. The molecule has 0 aliphatic heterocycles. The van der Waals surface area contributed by atoms with E-state index in [9.17, 15) is 14.4 Å². The highest BCUT2D eigenvalue weighted by Crippen LogP contribution is 2.13. The van der Waals surface area contributed by atoms with Crippen LogP contribution in [0.15, 0.2) is 24.3 Å². The number of ether oxygens (including phenoxy) is 1. The minimum absolute atomic E-state index is 0.0267. The number of carboxylic acids is 1.